The van der Waals surface area contributed by atoms with Gasteiger partial charge in [0.2, 0.25) is 5.91 Å². The van der Waals surface area contributed by atoms with Gasteiger partial charge < -0.3 is 15.0 Å². The largest absolute Gasteiger partial charge is 0.506 e. The van der Waals surface area contributed by atoms with Gasteiger partial charge in [-0.3, -0.25) is 9.59 Å². The Labute approximate surface area is 139 Å². The maximum Gasteiger partial charge on any atom is 0.253 e. The standard InChI is InChI=1S/C16H18N2O5S/c1-3-24(22,23)12-6-7-14(19)13(9-12)17-15(20)10-18-8-4-5-11(2)16(18)21/h4-9,19H,3,10H2,1-2H3,(H,17,20). The van der Waals surface area contributed by atoms with Crippen molar-refractivity contribution >= 4 is 21.4 Å². The molecule has 0 atom stereocenters. The Bertz CT molecular complexity index is 932. The van der Waals surface area contributed by atoms with Crippen LogP contribution in [-0.4, -0.2) is 29.8 Å². The lowest BCUT2D eigenvalue weighted by molar-refractivity contribution is -0.116. The summed E-state index contributed by atoms with van der Waals surface area (Å²) < 4.78 is 25.0. The van der Waals surface area contributed by atoms with Gasteiger partial charge in [0.05, 0.1) is 16.3 Å². The van der Waals surface area contributed by atoms with Crippen molar-refractivity contribution in [3.8, 4) is 5.75 Å². The first-order valence-electron chi connectivity index (χ1n) is 7.26. The zero-order chi connectivity index (χ0) is 17.9. The van der Waals surface area contributed by atoms with Crippen LogP contribution in [0.3, 0.4) is 0 Å². The molecule has 2 N–H and O–H groups in total. The minimum Gasteiger partial charge on any atom is -0.506 e. The second-order valence-electron chi connectivity index (χ2n) is 5.25. The number of sulfone groups is 1. The van der Waals surface area contributed by atoms with E-state index < -0.39 is 15.7 Å². The Kier molecular flexibility index (Phi) is 5.08. The number of anilines is 1. The fourth-order valence-corrected chi connectivity index (χ4v) is 3.01. The van der Waals surface area contributed by atoms with Crippen molar-refractivity contribution in [1.82, 2.24) is 4.57 Å². The molecule has 24 heavy (non-hydrogen) atoms. The number of hydrogen-bond donors (Lipinski definition) is 2. The van der Waals surface area contributed by atoms with Gasteiger partial charge in [-0.15, -0.1) is 0 Å². The number of pyridine rings is 1. The van der Waals surface area contributed by atoms with E-state index in [2.05, 4.69) is 5.32 Å². The number of amides is 1. The van der Waals surface area contributed by atoms with E-state index in [9.17, 15) is 23.1 Å². The molecule has 1 amide bonds. The van der Waals surface area contributed by atoms with Gasteiger partial charge in [-0.2, -0.15) is 0 Å². The summed E-state index contributed by atoms with van der Waals surface area (Å²) in [7, 11) is -3.46. The van der Waals surface area contributed by atoms with Gasteiger partial charge in [0.1, 0.15) is 12.3 Å². The fraction of sp³-hybridized carbons (Fsp3) is 0.250. The van der Waals surface area contributed by atoms with Crippen LogP contribution in [0, 0.1) is 6.92 Å². The molecule has 0 bridgehead atoms. The van der Waals surface area contributed by atoms with Crippen molar-refractivity contribution in [3.63, 3.8) is 0 Å². The molecule has 7 nitrogen and oxygen atoms in total. The number of rotatable bonds is 5. The van der Waals surface area contributed by atoms with Crippen LogP contribution in [0.1, 0.15) is 12.5 Å². The highest BCUT2D eigenvalue weighted by Crippen LogP contribution is 2.26. The number of aromatic nitrogens is 1. The van der Waals surface area contributed by atoms with Crippen LogP contribution >= 0.6 is 0 Å². The highest BCUT2D eigenvalue weighted by Gasteiger charge is 2.15. The molecule has 2 rings (SSSR count). The van der Waals surface area contributed by atoms with Crippen LogP contribution in [0.2, 0.25) is 0 Å². The van der Waals surface area contributed by atoms with Gasteiger partial charge >= 0.3 is 0 Å². The summed E-state index contributed by atoms with van der Waals surface area (Å²) >= 11 is 0. The number of nitrogens with zero attached hydrogens (tertiary/aromatic N) is 1. The van der Waals surface area contributed by atoms with E-state index in [-0.39, 0.29) is 34.2 Å². The van der Waals surface area contributed by atoms with Crippen LogP contribution in [0.4, 0.5) is 5.69 Å². The van der Waals surface area contributed by atoms with Gasteiger partial charge in [-0.25, -0.2) is 8.42 Å². The summed E-state index contributed by atoms with van der Waals surface area (Å²) in [5.41, 5.74) is 0.193. The summed E-state index contributed by atoms with van der Waals surface area (Å²) in [6.07, 6.45) is 1.48. The van der Waals surface area contributed by atoms with Crippen molar-refractivity contribution in [2.75, 3.05) is 11.1 Å². The average Bonchev–Trinajstić information content (AvgIpc) is 2.53. The zero-order valence-corrected chi connectivity index (χ0v) is 14.1. The normalized spacial score (nSPS) is 11.2. The van der Waals surface area contributed by atoms with Gasteiger partial charge in [0.25, 0.3) is 5.56 Å². The molecule has 8 heteroatoms. The van der Waals surface area contributed by atoms with E-state index in [0.717, 1.165) is 0 Å². The Morgan fingerprint density at radius 2 is 2.00 bits per heavy atom. The van der Waals surface area contributed by atoms with Crippen LogP contribution < -0.4 is 10.9 Å². The third-order valence-corrected chi connectivity index (χ3v) is 5.24. The molecular weight excluding hydrogens is 332 g/mol. The van der Waals surface area contributed by atoms with Crippen molar-refractivity contribution < 1.29 is 18.3 Å². The molecule has 0 radical (unpaired) electrons. The number of carbonyl (C=O) groups excluding carboxylic acids is 1. The van der Waals surface area contributed by atoms with Crippen LogP contribution in [-0.2, 0) is 21.2 Å². The molecule has 0 aliphatic rings. The number of hydrogen-bond acceptors (Lipinski definition) is 5. The molecule has 128 valence electrons. The smallest absolute Gasteiger partial charge is 0.253 e. The first kappa shape index (κ1) is 17.7. The number of aryl methyl sites for hydroxylation is 1. The molecule has 0 aliphatic carbocycles. The van der Waals surface area contributed by atoms with Crippen molar-refractivity contribution in [2.24, 2.45) is 0 Å². The van der Waals surface area contributed by atoms with E-state index in [1.807, 2.05) is 0 Å². The number of benzene rings is 1. The monoisotopic (exact) mass is 350 g/mol. The molecule has 0 fully saturated rings. The topological polar surface area (TPSA) is 105 Å². The number of phenolic OH excluding ortho intramolecular Hbond substituents is 1. The number of nitrogens with one attached hydrogen (secondary N) is 1. The Morgan fingerprint density at radius 1 is 1.29 bits per heavy atom. The van der Waals surface area contributed by atoms with E-state index >= 15 is 0 Å². The molecule has 0 spiro atoms. The molecule has 0 unspecified atom stereocenters. The summed E-state index contributed by atoms with van der Waals surface area (Å²) in [5, 5.41) is 12.2. The lowest BCUT2D eigenvalue weighted by atomic mass is 10.3. The number of carbonyl (C=O) groups is 1. The first-order chi connectivity index (χ1) is 11.2. The second kappa shape index (κ2) is 6.88. The van der Waals surface area contributed by atoms with E-state index in [4.69, 9.17) is 0 Å². The molecule has 1 heterocycles. The Morgan fingerprint density at radius 3 is 2.67 bits per heavy atom. The molecule has 0 aliphatic heterocycles. The molecule has 0 saturated heterocycles. The summed E-state index contributed by atoms with van der Waals surface area (Å²) in [6, 6.07) is 6.97. The van der Waals surface area contributed by atoms with Gasteiger partial charge in [0, 0.05) is 11.8 Å². The lowest BCUT2D eigenvalue weighted by Crippen LogP contribution is -2.28. The summed E-state index contributed by atoms with van der Waals surface area (Å²) in [6.45, 7) is 2.90. The summed E-state index contributed by atoms with van der Waals surface area (Å²) in [4.78, 5) is 24.0. The van der Waals surface area contributed by atoms with Crippen LogP contribution in [0.25, 0.3) is 0 Å². The van der Waals surface area contributed by atoms with Crippen LogP contribution in [0.15, 0.2) is 46.2 Å². The van der Waals surface area contributed by atoms with Gasteiger partial charge in [0.15, 0.2) is 9.84 Å². The zero-order valence-electron chi connectivity index (χ0n) is 13.3. The lowest BCUT2D eigenvalue weighted by Gasteiger charge is -2.11. The van der Waals surface area contributed by atoms with Gasteiger partial charge in [-0.05, 0) is 31.2 Å². The number of aromatic hydroxyl groups is 1. The SMILES string of the molecule is CCS(=O)(=O)c1ccc(O)c(NC(=O)Cn2cccc(C)c2=O)c1. The van der Waals surface area contributed by atoms with Gasteiger partial charge in [-0.1, -0.05) is 13.0 Å². The first-order valence-corrected chi connectivity index (χ1v) is 8.91. The Balaban J connectivity index is 2.24. The highest BCUT2D eigenvalue weighted by atomic mass is 32.2. The molecular formula is C16H18N2O5S. The molecule has 1 aromatic heterocycles. The minimum atomic E-state index is -3.46. The van der Waals surface area contributed by atoms with Crippen molar-refractivity contribution in [1.29, 1.82) is 0 Å². The quantitative estimate of drug-likeness (QED) is 0.791. The van der Waals surface area contributed by atoms with Crippen LogP contribution in [0.5, 0.6) is 5.75 Å². The van der Waals surface area contributed by atoms with Crippen molar-refractivity contribution in [3.05, 3.63) is 52.4 Å². The maximum atomic E-state index is 12.1. The fourth-order valence-electron chi connectivity index (χ4n) is 2.10. The highest BCUT2D eigenvalue weighted by molar-refractivity contribution is 7.91. The Hall–Kier alpha value is -2.61. The predicted molar refractivity (Wildman–Crippen MR) is 89.9 cm³/mol. The average molecular weight is 350 g/mol. The third kappa shape index (κ3) is 3.83. The van der Waals surface area contributed by atoms with E-state index in [0.29, 0.717) is 5.56 Å². The van der Waals surface area contributed by atoms with E-state index in [1.54, 1.807) is 19.1 Å². The second-order valence-corrected chi connectivity index (χ2v) is 7.53. The van der Waals surface area contributed by atoms with Crippen molar-refractivity contribution in [2.45, 2.75) is 25.3 Å². The maximum absolute atomic E-state index is 12.1. The summed E-state index contributed by atoms with van der Waals surface area (Å²) in [5.74, 6) is -0.900. The van der Waals surface area contributed by atoms with E-state index in [1.165, 1.54) is 35.9 Å². The third-order valence-electron chi connectivity index (χ3n) is 3.51. The molecule has 2 aromatic rings. The molecule has 1 aromatic carbocycles. The molecule has 0 saturated carbocycles. The predicted octanol–water partition coefficient (Wildman–Crippen LogP) is 1.29. The minimum absolute atomic E-state index is 0.00539. The number of phenols is 1.